The van der Waals surface area contributed by atoms with Gasteiger partial charge in [-0.1, -0.05) is 18.2 Å². The molecule has 2 aromatic carbocycles. The Balaban J connectivity index is 2.18. The first-order valence-electron chi connectivity index (χ1n) is 6.06. The van der Waals surface area contributed by atoms with Crippen LogP contribution in [0.2, 0.25) is 0 Å². The van der Waals surface area contributed by atoms with Crippen molar-refractivity contribution in [2.45, 2.75) is 0 Å². The molecular formula is C16H11O4-. The van der Waals surface area contributed by atoms with Gasteiger partial charge in [0, 0.05) is 0 Å². The summed E-state index contributed by atoms with van der Waals surface area (Å²) in [6, 6.07) is 11.3. The number of hydrogen-bond acceptors (Lipinski definition) is 4. The van der Waals surface area contributed by atoms with Crippen LogP contribution in [0, 0.1) is 0 Å². The molecule has 0 radical (unpaired) electrons. The zero-order valence-corrected chi connectivity index (χ0v) is 10.8. The average Bonchev–Trinajstić information content (AvgIpc) is 2.48. The Morgan fingerprint density at radius 3 is 2.55 bits per heavy atom. The van der Waals surface area contributed by atoms with Crippen LogP contribution in [0.5, 0.6) is 11.5 Å². The Bertz CT molecular complexity index is 816. The molecule has 0 bridgehead atoms. The van der Waals surface area contributed by atoms with Crippen LogP contribution in [0.1, 0.15) is 0 Å². The summed E-state index contributed by atoms with van der Waals surface area (Å²) < 4.78 is 10.5. The highest BCUT2D eigenvalue weighted by Crippen LogP contribution is 2.23. The maximum absolute atomic E-state index is 12.4. The highest BCUT2D eigenvalue weighted by Gasteiger charge is 2.08. The Kier molecular flexibility index (Phi) is 2.91. The highest BCUT2D eigenvalue weighted by atomic mass is 16.5. The fourth-order valence-electron chi connectivity index (χ4n) is 2.08. The first kappa shape index (κ1) is 12.3. The van der Waals surface area contributed by atoms with Gasteiger partial charge in [0.15, 0.2) is 5.43 Å². The number of fused-ring (bicyclic) bond motifs is 1. The smallest absolute Gasteiger partial charge is 0.200 e. The van der Waals surface area contributed by atoms with Gasteiger partial charge in [0.05, 0.1) is 18.1 Å². The van der Waals surface area contributed by atoms with Gasteiger partial charge in [-0.05, 0) is 29.8 Å². The summed E-state index contributed by atoms with van der Waals surface area (Å²) in [7, 11) is 1.58. The van der Waals surface area contributed by atoms with Gasteiger partial charge < -0.3 is 14.3 Å². The summed E-state index contributed by atoms with van der Waals surface area (Å²) >= 11 is 0. The zero-order chi connectivity index (χ0) is 14.1. The van der Waals surface area contributed by atoms with Gasteiger partial charge in [0.2, 0.25) is 0 Å². The molecule has 3 aromatic rings. The molecule has 0 aliphatic carbocycles. The molecule has 0 aliphatic rings. The molecule has 1 heterocycles. The quantitative estimate of drug-likeness (QED) is 0.715. The summed E-state index contributed by atoms with van der Waals surface area (Å²) in [5, 5.41) is 11.6. The average molecular weight is 267 g/mol. The fraction of sp³-hybridized carbons (Fsp3) is 0.0625. The summed E-state index contributed by atoms with van der Waals surface area (Å²) in [4.78, 5) is 12.4. The molecule has 0 aliphatic heterocycles. The van der Waals surface area contributed by atoms with Crippen molar-refractivity contribution in [3.63, 3.8) is 0 Å². The van der Waals surface area contributed by atoms with Crippen LogP contribution in [-0.2, 0) is 0 Å². The summed E-state index contributed by atoms with van der Waals surface area (Å²) in [6.45, 7) is 0. The van der Waals surface area contributed by atoms with E-state index in [4.69, 9.17) is 9.15 Å². The molecule has 0 spiro atoms. The molecular weight excluding hydrogens is 256 g/mol. The molecule has 0 unspecified atom stereocenters. The van der Waals surface area contributed by atoms with Gasteiger partial charge >= 0.3 is 0 Å². The van der Waals surface area contributed by atoms with Crippen LogP contribution in [-0.4, -0.2) is 7.11 Å². The molecule has 0 saturated carbocycles. The fourth-order valence-corrected chi connectivity index (χ4v) is 2.08. The van der Waals surface area contributed by atoms with Crippen LogP contribution in [0.25, 0.3) is 22.1 Å². The highest BCUT2D eigenvalue weighted by molar-refractivity contribution is 5.82. The van der Waals surface area contributed by atoms with Crippen molar-refractivity contribution in [2.24, 2.45) is 0 Å². The Morgan fingerprint density at radius 1 is 1.10 bits per heavy atom. The lowest BCUT2D eigenvalue weighted by atomic mass is 10.1. The van der Waals surface area contributed by atoms with Gasteiger partial charge in [-0.25, -0.2) is 0 Å². The Hall–Kier alpha value is -2.75. The van der Waals surface area contributed by atoms with E-state index in [0.29, 0.717) is 16.5 Å². The second-order valence-corrected chi connectivity index (χ2v) is 4.36. The summed E-state index contributed by atoms with van der Waals surface area (Å²) in [5.74, 6) is 0.535. The maximum atomic E-state index is 12.4. The topological polar surface area (TPSA) is 62.5 Å². The van der Waals surface area contributed by atoms with Crippen LogP contribution in [0.4, 0.5) is 0 Å². The van der Waals surface area contributed by atoms with E-state index in [0.717, 1.165) is 11.3 Å². The van der Waals surface area contributed by atoms with Gasteiger partial charge in [0.1, 0.15) is 17.6 Å². The van der Waals surface area contributed by atoms with Crippen LogP contribution < -0.4 is 15.3 Å². The standard InChI is InChI=1S/C16H12O4/c1-19-12-5-2-10(3-6-12)14-9-20-15-8-11(17)4-7-13(15)16(14)18/h2-9,17H,1H3/p-1. The van der Waals surface area contributed by atoms with E-state index < -0.39 is 0 Å². The molecule has 3 rings (SSSR count). The summed E-state index contributed by atoms with van der Waals surface area (Å²) in [5.41, 5.74) is 1.35. The van der Waals surface area contributed by atoms with Crippen LogP contribution >= 0.6 is 0 Å². The Morgan fingerprint density at radius 2 is 1.85 bits per heavy atom. The second kappa shape index (κ2) is 4.74. The zero-order valence-electron chi connectivity index (χ0n) is 10.8. The van der Waals surface area contributed by atoms with Crippen LogP contribution in [0.3, 0.4) is 0 Å². The van der Waals surface area contributed by atoms with E-state index in [1.807, 2.05) is 0 Å². The van der Waals surface area contributed by atoms with E-state index in [1.165, 1.54) is 24.5 Å². The van der Waals surface area contributed by atoms with Crippen molar-refractivity contribution in [1.82, 2.24) is 0 Å². The molecule has 0 saturated heterocycles. The number of ether oxygens (including phenoxy) is 1. The lowest BCUT2D eigenvalue weighted by molar-refractivity contribution is -0.268. The van der Waals surface area contributed by atoms with E-state index in [-0.39, 0.29) is 11.2 Å². The van der Waals surface area contributed by atoms with Crippen molar-refractivity contribution >= 4 is 11.0 Å². The van der Waals surface area contributed by atoms with E-state index in [1.54, 1.807) is 31.4 Å². The van der Waals surface area contributed by atoms with Crippen molar-refractivity contribution in [1.29, 1.82) is 0 Å². The Labute approximate surface area is 114 Å². The first-order chi connectivity index (χ1) is 9.69. The SMILES string of the molecule is COc1ccc(-c2coc3cc([O-])ccc3c2=O)cc1. The molecule has 100 valence electrons. The van der Waals surface area contributed by atoms with Gasteiger partial charge in [-0.15, -0.1) is 5.75 Å². The lowest BCUT2D eigenvalue weighted by Crippen LogP contribution is -2.05. The lowest BCUT2D eigenvalue weighted by Gasteiger charge is -2.07. The number of methoxy groups -OCH3 is 1. The third-order valence-electron chi connectivity index (χ3n) is 3.15. The predicted molar refractivity (Wildman–Crippen MR) is 73.9 cm³/mol. The minimum atomic E-state index is -0.183. The number of benzene rings is 2. The predicted octanol–water partition coefficient (Wildman–Crippen LogP) is 2.54. The minimum Gasteiger partial charge on any atom is -0.872 e. The van der Waals surface area contributed by atoms with Crippen molar-refractivity contribution in [3.8, 4) is 22.6 Å². The minimum absolute atomic E-state index is 0.156. The molecule has 20 heavy (non-hydrogen) atoms. The number of hydrogen-bond donors (Lipinski definition) is 0. The normalized spacial score (nSPS) is 10.7. The van der Waals surface area contributed by atoms with Crippen LogP contribution in [0.15, 0.2) is 57.9 Å². The van der Waals surface area contributed by atoms with E-state index >= 15 is 0 Å². The van der Waals surface area contributed by atoms with E-state index in [9.17, 15) is 9.90 Å². The van der Waals surface area contributed by atoms with Crippen molar-refractivity contribution < 1.29 is 14.3 Å². The monoisotopic (exact) mass is 267 g/mol. The third kappa shape index (κ3) is 2.01. The largest absolute Gasteiger partial charge is 0.872 e. The molecule has 0 fully saturated rings. The van der Waals surface area contributed by atoms with E-state index in [2.05, 4.69) is 0 Å². The molecule has 4 heteroatoms. The van der Waals surface area contributed by atoms with Crippen molar-refractivity contribution in [3.05, 3.63) is 59.0 Å². The van der Waals surface area contributed by atoms with Crippen molar-refractivity contribution in [2.75, 3.05) is 7.11 Å². The van der Waals surface area contributed by atoms with Gasteiger partial charge in [-0.3, -0.25) is 4.79 Å². The van der Waals surface area contributed by atoms with Gasteiger partial charge in [0.25, 0.3) is 0 Å². The second-order valence-electron chi connectivity index (χ2n) is 4.36. The first-order valence-corrected chi connectivity index (χ1v) is 6.06. The third-order valence-corrected chi connectivity index (χ3v) is 3.15. The molecule has 1 aromatic heterocycles. The molecule has 0 N–H and O–H groups in total. The molecule has 4 nitrogen and oxygen atoms in total. The maximum Gasteiger partial charge on any atom is 0.200 e. The molecule has 0 amide bonds. The van der Waals surface area contributed by atoms with Gasteiger partial charge in [-0.2, -0.15) is 0 Å². The number of rotatable bonds is 2. The summed E-state index contributed by atoms with van der Waals surface area (Å²) in [6.07, 6.45) is 1.38. The molecule has 0 atom stereocenters.